The second-order valence-electron chi connectivity index (χ2n) is 4.33. The molecule has 0 bridgehead atoms. The number of aliphatic hydroxyl groups is 1. The summed E-state index contributed by atoms with van der Waals surface area (Å²) in [7, 11) is 0. The zero-order valence-electron chi connectivity index (χ0n) is 9.33. The monoisotopic (exact) mass is 299 g/mol. The van der Waals surface area contributed by atoms with Crippen molar-refractivity contribution in [3.05, 3.63) is 21.2 Å². The van der Waals surface area contributed by atoms with Crippen molar-refractivity contribution in [2.24, 2.45) is 5.73 Å². The van der Waals surface area contributed by atoms with Gasteiger partial charge in [0.1, 0.15) is 11.5 Å². The molecular weight excluding hydrogens is 286 g/mol. The summed E-state index contributed by atoms with van der Waals surface area (Å²) in [4.78, 5) is 0. The third kappa shape index (κ3) is 1.57. The molecule has 0 aliphatic carbocycles. The smallest absolute Gasteiger partial charge is 0.137 e. The molecule has 1 aromatic rings. The Labute approximate surface area is 108 Å². The fraction of sp³-hybridized carbons (Fsp3) is 0.500. The fourth-order valence-corrected chi connectivity index (χ4v) is 3.30. The topological polar surface area (TPSA) is 64.7 Å². The molecule has 92 valence electrons. The minimum absolute atomic E-state index is 0.0795. The third-order valence-electron chi connectivity index (χ3n) is 3.35. The molecule has 1 aromatic carbocycles. The number of fused-ring (bicyclic) bond motifs is 2. The van der Waals surface area contributed by atoms with E-state index in [2.05, 4.69) is 15.9 Å². The predicted molar refractivity (Wildman–Crippen MR) is 66.6 cm³/mol. The van der Waals surface area contributed by atoms with Crippen molar-refractivity contribution in [1.29, 1.82) is 0 Å². The Kier molecular flexibility index (Phi) is 2.77. The van der Waals surface area contributed by atoms with Crippen molar-refractivity contribution in [1.82, 2.24) is 0 Å². The Morgan fingerprint density at radius 2 is 1.82 bits per heavy atom. The summed E-state index contributed by atoms with van der Waals surface area (Å²) in [5, 5.41) is 9.29. The number of hydrogen-bond donors (Lipinski definition) is 2. The van der Waals surface area contributed by atoms with E-state index in [0.717, 1.165) is 45.5 Å². The van der Waals surface area contributed by atoms with Gasteiger partial charge in [-0.05, 0) is 15.9 Å². The molecule has 2 aliphatic heterocycles. The van der Waals surface area contributed by atoms with E-state index in [0.29, 0.717) is 13.2 Å². The highest BCUT2D eigenvalue weighted by Gasteiger charge is 2.32. The van der Waals surface area contributed by atoms with Gasteiger partial charge in [0.05, 0.1) is 30.3 Å². The molecule has 0 aromatic heterocycles. The summed E-state index contributed by atoms with van der Waals surface area (Å²) in [6.07, 6.45) is 1.69. The molecule has 0 saturated heterocycles. The van der Waals surface area contributed by atoms with Crippen molar-refractivity contribution in [2.45, 2.75) is 18.9 Å². The first-order valence-electron chi connectivity index (χ1n) is 5.73. The van der Waals surface area contributed by atoms with Gasteiger partial charge in [0, 0.05) is 29.5 Å². The molecule has 3 rings (SSSR count). The fourth-order valence-electron chi connectivity index (χ4n) is 2.57. The van der Waals surface area contributed by atoms with Gasteiger partial charge in [0.25, 0.3) is 0 Å². The van der Waals surface area contributed by atoms with Gasteiger partial charge >= 0.3 is 0 Å². The largest absolute Gasteiger partial charge is 0.493 e. The van der Waals surface area contributed by atoms with Gasteiger partial charge in [0.15, 0.2) is 0 Å². The molecule has 0 saturated carbocycles. The van der Waals surface area contributed by atoms with E-state index in [1.54, 1.807) is 0 Å². The lowest BCUT2D eigenvalue weighted by Crippen LogP contribution is -2.17. The van der Waals surface area contributed by atoms with Crippen molar-refractivity contribution >= 4 is 15.9 Å². The maximum atomic E-state index is 9.29. The van der Waals surface area contributed by atoms with E-state index in [9.17, 15) is 5.11 Å². The summed E-state index contributed by atoms with van der Waals surface area (Å²) in [5.74, 6) is 1.73. The van der Waals surface area contributed by atoms with E-state index in [1.165, 1.54) is 0 Å². The molecule has 1 unspecified atom stereocenters. The van der Waals surface area contributed by atoms with Crippen LogP contribution in [0.2, 0.25) is 0 Å². The minimum Gasteiger partial charge on any atom is -0.493 e. The Morgan fingerprint density at radius 1 is 1.18 bits per heavy atom. The first-order chi connectivity index (χ1) is 8.24. The van der Waals surface area contributed by atoms with Gasteiger partial charge < -0.3 is 20.3 Å². The van der Waals surface area contributed by atoms with E-state index in [-0.39, 0.29) is 6.61 Å². The minimum atomic E-state index is -0.398. The van der Waals surface area contributed by atoms with Crippen LogP contribution in [0.3, 0.4) is 0 Å². The SMILES string of the molecule is NC(CO)c1c2c(c(Br)c3c1OCC3)OCC2. The van der Waals surface area contributed by atoms with E-state index in [4.69, 9.17) is 15.2 Å². The zero-order valence-corrected chi connectivity index (χ0v) is 10.9. The maximum absolute atomic E-state index is 9.29. The number of halogens is 1. The Morgan fingerprint density at radius 3 is 2.53 bits per heavy atom. The zero-order chi connectivity index (χ0) is 12.0. The second-order valence-corrected chi connectivity index (χ2v) is 5.12. The van der Waals surface area contributed by atoms with Gasteiger partial charge in [-0.1, -0.05) is 0 Å². The number of aliphatic hydroxyl groups excluding tert-OH is 1. The van der Waals surface area contributed by atoms with Crippen LogP contribution in [0.5, 0.6) is 11.5 Å². The lowest BCUT2D eigenvalue weighted by molar-refractivity contribution is 0.263. The lowest BCUT2D eigenvalue weighted by atomic mass is 9.95. The van der Waals surface area contributed by atoms with E-state index in [1.807, 2.05) is 0 Å². The van der Waals surface area contributed by atoms with E-state index >= 15 is 0 Å². The molecule has 2 heterocycles. The van der Waals surface area contributed by atoms with Crippen LogP contribution in [0.4, 0.5) is 0 Å². The number of hydrogen-bond acceptors (Lipinski definition) is 4. The standard InChI is InChI=1S/C12H14BrNO3/c13-10-7-2-4-16-11(7)9(8(14)5-15)6-1-3-17-12(6)10/h8,15H,1-5,14H2. The quantitative estimate of drug-likeness (QED) is 0.864. The van der Waals surface area contributed by atoms with Gasteiger partial charge in [-0.15, -0.1) is 0 Å². The van der Waals surface area contributed by atoms with Gasteiger partial charge in [-0.2, -0.15) is 0 Å². The van der Waals surface area contributed by atoms with Gasteiger partial charge in [-0.25, -0.2) is 0 Å². The van der Waals surface area contributed by atoms with Crippen molar-refractivity contribution in [2.75, 3.05) is 19.8 Å². The molecular formula is C12H14BrNO3. The predicted octanol–water partition coefficient (Wildman–Crippen LogP) is 1.31. The molecule has 1 atom stereocenters. The maximum Gasteiger partial charge on any atom is 0.137 e. The van der Waals surface area contributed by atoms with Crippen molar-refractivity contribution < 1.29 is 14.6 Å². The summed E-state index contributed by atoms with van der Waals surface area (Å²) >= 11 is 3.58. The highest BCUT2D eigenvalue weighted by molar-refractivity contribution is 9.10. The first kappa shape index (κ1) is 11.3. The first-order valence-corrected chi connectivity index (χ1v) is 6.52. The van der Waals surface area contributed by atoms with Gasteiger partial charge in [-0.3, -0.25) is 0 Å². The Balaban J connectivity index is 2.26. The van der Waals surface area contributed by atoms with Crippen LogP contribution in [0.25, 0.3) is 0 Å². The van der Waals surface area contributed by atoms with Crippen LogP contribution < -0.4 is 15.2 Å². The average molecular weight is 300 g/mol. The van der Waals surface area contributed by atoms with Crippen LogP contribution in [0, 0.1) is 0 Å². The average Bonchev–Trinajstić information content (AvgIpc) is 2.96. The molecule has 0 amide bonds. The Hall–Kier alpha value is -0.780. The second kappa shape index (κ2) is 4.15. The molecule has 0 spiro atoms. The summed E-state index contributed by atoms with van der Waals surface area (Å²) in [6, 6.07) is -0.398. The number of ether oxygens (including phenoxy) is 2. The summed E-state index contributed by atoms with van der Waals surface area (Å²) < 4.78 is 12.3. The summed E-state index contributed by atoms with van der Waals surface area (Å²) in [5.41, 5.74) is 9.11. The summed E-state index contributed by atoms with van der Waals surface area (Å²) in [6.45, 7) is 1.26. The van der Waals surface area contributed by atoms with Crippen LogP contribution in [-0.4, -0.2) is 24.9 Å². The molecule has 3 N–H and O–H groups in total. The highest BCUT2D eigenvalue weighted by Crippen LogP contribution is 2.48. The van der Waals surface area contributed by atoms with Crippen molar-refractivity contribution in [3.63, 3.8) is 0 Å². The van der Waals surface area contributed by atoms with E-state index < -0.39 is 6.04 Å². The lowest BCUT2D eigenvalue weighted by Gasteiger charge is -2.18. The van der Waals surface area contributed by atoms with Crippen LogP contribution >= 0.6 is 15.9 Å². The normalized spacial score (nSPS) is 18.3. The van der Waals surface area contributed by atoms with Crippen LogP contribution in [0.1, 0.15) is 22.7 Å². The molecule has 17 heavy (non-hydrogen) atoms. The Bertz CT molecular complexity index is 440. The van der Waals surface area contributed by atoms with Gasteiger partial charge in [0.2, 0.25) is 0 Å². The number of benzene rings is 1. The molecule has 0 radical (unpaired) electrons. The number of rotatable bonds is 2. The highest BCUT2D eigenvalue weighted by atomic mass is 79.9. The van der Waals surface area contributed by atoms with Crippen LogP contribution in [0.15, 0.2) is 4.47 Å². The third-order valence-corrected chi connectivity index (χ3v) is 4.19. The molecule has 5 heteroatoms. The van der Waals surface area contributed by atoms with Crippen LogP contribution in [-0.2, 0) is 12.8 Å². The molecule has 0 fully saturated rings. The molecule has 4 nitrogen and oxygen atoms in total. The molecule has 2 aliphatic rings. The number of nitrogens with two attached hydrogens (primary N) is 1. The van der Waals surface area contributed by atoms with Crippen molar-refractivity contribution in [3.8, 4) is 11.5 Å².